The van der Waals surface area contributed by atoms with Gasteiger partial charge in [0.05, 0.1) is 23.2 Å². The van der Waals surface area contributed by atoms with Crippen LogP contribution in [0, 0.1) is 0 Å². The molecule has 2 saturated heterocycles. The van der Waals surface area contributed by atoms with Gasteiger partial charge in [0.2, 0.25) is 0 Å². The van der Waals surface area contributed by atoms with Crippen molar-refractivity contribution in [2.45, 2.75) is 76.2 Å². The van der Waals surface area contributed by atoms with Crippen LogP contribution in [0.4, 0.5) is 0 Å². The topological polar surface area (TPSA) is 67.1 Å². The number of pyridine rings is 1. The Hall–Kier alpha value is -2.31. The zero-order valence-corrected chi connectivity index (χ0v) is 17.0. The monoisotopic (exact) mass is 391 g/mol. The lowest BCUT2D eigenvalue weighted by Crippen LogP contribution is -2.52. The molecular formula is C23H29N5O. The van der Waals surface area contributed by atoms with Crippen LogP contribution in [-0.2, 0) is 19.5 Å². The van der Waals surface area contributed by atoms with Gasteiger partial charge in [0, 0.05) is 55.4 Å². The number of hydrogen-bond acceptors (Lipinski definition) is 5. The van der Waals surface area contributed by atoms with Gasteiger partial charge >= 0.3 is 0 Å². The quantitative estimate of drug-likeness (QED) is 0.698. The average Bonchev–Trinajstić information content (AvgIpc) is 3.22. The predicted octanol–water partition coefficient (Wildman–Crippen LogP) is 3.34. The molecule has 2 aliphatic heterocycles. The second-order valence-corrected chi connectivity index (χ2v) is 8.80. The van der Waals surface area contributed by atoms with Gasteiger partial charge < -0.3 is 9.67 Å². The van der Waals surface area contributed by atoms with Crippen molar-refractivity contribution in [1.82, 2.24) is 24.4 Å². The first-order valence-corrected chi connectivity index (χ1v) is 10.8. The maximum absolute atomic E-state index is 11.5. The van der Waals surface area contributed by atoms with E-state index in [9.17, 15) is 5.11 Å². The van der Waals surface area contributed by atoms with E-state index in [4.69, 9.17) is 0 Å². The van der Waals surface area contributed by atoms with Crippen LogP contribution < -0.4 is 0 Å². The third-order valence-electron chi connectivity index (χ3n) is 6.60. The lowest BCUT2D eigenvalue weighted by molar-refractivity contribution is -0.0644. The number of aryl methyl sites for hydroxylation is 1. The molecule has 0 aliphatic carbocycles. The van der Waals surface area contributed by atoms with Gasteiger partial charge in [-0.3, -0.25) is 9.88 Å². The highest BCUT2D eigenvalue weighted by Gasteiger charge is 2.47. The van der Waals surface area contributed by atoms with Gasteiger partial charge in [0.25, 0.3) is 0 Å². The predicted molar refractivity (Wildman–Crippen MR) is 112 cm³/mol. The summed E-state index contributed by atoms with van der Waals surface area (Å²) in [5, 5.41) is 11.5. The van der Waals surface area contributed by atoms with E-state index < -0.39 is 5.60 Å². The van der Waals surface area contributed by atoms with Crippen molar-refractivity contribution in [3.8, 4) is 0 Å². The number of aliphatic hydroxyl groups is 1. The summed E-state index contributed by atoms with van der Waals surface area (Å²) < 4.78 is 2.16. The van der Waals surface area contributed by atoms with Crippen LogP contribution in [0.1, 0.15) is 50.4 Å². The highest BCUT2D eigenvalue weighted by Crippen LogP contribution is 2.42. The fourth-order valence-corrected chi connectivity index (χ4v) is 5.30. The van der Waals surface area contributed by atoms with E-state index in [0.29, 0.717) is 18.6 Å². The third-order valence-corrected chi connectivity index (χ3v) is 6.60. The third kappa shape index (κ3) is 3.67. The van der Waals surface area contributed by atoms with Crippen molar-refractivity contribution >= 4 is 11.0 Å². The molecule has 6 heteroatoms. The van der Waals surface area contributed by atoms with Gasteiger partial charge in [-0.15, -0.1) is 0 Å². The Bertz CT molecular complexity index is 968. The van der Waals surface area contributed by atoms with Crippen LogP contribution in [0.5, 0.6) is 0 Å². The van der Waals surface area contributed by atoms with E-state index >= 15 is 0 Å². The first-order chi connectivity index (χ1) is 14.1. The van der Waals surface area contributed by atoms with Crippen LogP contribution in [-0.4, -0.2) is 47.2 Å². The summed E-state index contributed by atoms with van der Waals surface area (Å²) in [5.41, 5.74) is 2.60. The van der Waals surface area contributed by atoms with E-state index in [2.05, 4.69) is 43.6 Å². The molecule has 0 spiro atoms. The molecule has 2 aliphatic rings. The van der Waals surface area contributed by atoms with Crippen LogP contribution in [0.2, 0.25) is 0 Å². The Labute approximate surface area is 171 Å². The van der Waals surface area contributed by atoms with Crippen molar-refractivity contribution in [1.29, 1.82) is 0 Å². The Balaban J connectivity index is 1.29. The van der Waals surface area contributed by atoms with E-state index in [0.717, 1.165) is 61.9 Å². The molecule has 2 fully saturated rings. The van der Waals surface area contributed by atoms with Gasteiger partial charge in [0.15, 0.2) is 0 Å². The summed E-state index contributed by atoms with van der Waals surface area (Å²) in [6.07, 6.45) is 13.8. The Morgan fingerprint density at radius 3 is 2.59 bits per heavy atom. The van der Waals surface area contributed by atoms with Crippen molar-refractivity contribution in [2.24, 2.45) is 0 Å². The van der Waals surface area contributed by atoms with E-state index in [1.807, 2.05) is 30.7 Å². The van der Waals surface area contributed by atoms with Crippen LogP contribution in [0.3, 0.4) is 0 Å². The van der Waals surface area contributed by atoms with Crippen molar-refractivity contribution in [3.63, 3.8) is 0 Å². The summed E-state index contributed by atoms with van der Waals surface area (Å²) >= 11 is 0. The lowest BCUT2D eigenvalue weighted by Gasteiger charge is -2.44. The van der Waals surface area contributed by atoms with Crippen molar-refractivity contribution in [2.75, 3.05) is 0 Å². The number of rotatable bonds is 6. The van der Waals surface area contributed by atoms with Gasteiger partial charge in [-0.2, -0.15) is 0 Å². The first-order valence-electron chi connectivity index (χ1n) is 10.8. The zero-order valence-electron chi connectivity index (χ0n) is 17.0. The van der Waals surface area contributed by atoms with E-state index in [1.54, 1.807) is 0 Å². The van der Waals surface area contributed by atoms with Gasteiger partial charge in [-0.1, -0.05) is 6.92 Å². The Morgan fingerprint density at radius 1 is 1.10 bits per heavy atom. The molecule has 3 aromatic heterocycles. The largest absolute Gasteiger partial charge is 0.388 e. The lowest BCUT2D eigenvalue weighted by atomic mass is 9.85. The minimum atomic E-state index is -0.661. The second kappa shape index (κ2) is 7.50. The molecule has 29 heavy (non-hydrogen) atoms. The summed E-state index contributed by atoms with van der Waals surface area (Å²) in [4.78, 5) is 16.0. The number of fused-ring (bicyclic) bond motifs is 3. The molecule has 2 bridgehead atoms. The van der Waals surface area contributed by atoms with Crippen molar-refractivity contribution in [3.05, 3.63) is 54.4 Å². The number of nitrogens with zero attached hydrogens (tertiary/aromatic N) is 5. The number of aromatic nitrogens is 4. The normalized spacial score (nSPS) is 27.0. The molecule has 0 unspecified atom stereocenters. The molecule has 2 atom stereocenters. The van der Waals surface area contributed by atoms with Gasteiger partial charge in [-0.05, 0) is 50.3 Å². The van der Waals surface area contributed by atoms with Crippen molar-refractivity contribution < 1.29 is 5.11 Å². The Kier molecular flexibility index (Phi) is 4.84. The molecule has 5 heterocycles. The van der Waals surface area contributed by atoms with Crippen LogP contribution in [0.15, 0.2) is 43.0 Å². The maximum atomic E-state index is 11.5. The number of hydrogen-bond donors (Lipinski definition) is 1. The molecule has 152 valence electrons. The zero-order chi connectivity index (χ0) is 19.8. The highest BCUT2D eigenvalue weighted by molar-refractivity contribution is 5.75. The smallest absolute Gasteiger partial charge is 0.128 e. The molecule has 3 aromatic rings. The maximum Gasteiger partial charge on any atom is 0.128 e. The molecule has 1 N–H and O–H groups in total. The summed E-state index contributed by atoms with van der Waals surface area (Å²) in [6.45, 7) is 3.67. The molecule has 5 rings (SSSR count). The van der Waals surface area contributed by atoms with Crippen LogP contribution in [0.25, 0.3) is 11.0 Å². The molecule has 6 nitrogen and oxygen atoms in total. The molecule has 0 aromatic carbocycles. The van der Waals surface area contributed by atoms with Crippen LogP contribution >= 0.6 is 0 Å². The standard InChI is InChI=1S/C23H29N5O/c1-2-4-22-25-13-17(14-26-22)15-28-18-6-7-19(28)12-23(29,11-18)16-27-10-8-20-21(27)5-3-9-24-20/h3,5,8-10,13-14,18-19,29H,2,4,6-7,11-12,15-16H2,1H3/t18-,19-/m1/s1. The SMILES string of the molecule is CCCc1ncc(CN2[C@@H]3CC[C@@H]2CC(O)(Cn2ccc4ncccc42)C3)cn1. The fourth-order valence-electron chi connectivity index (χ4n) is 5.30. The minimum Gasteiger partial charge on any atom is -0.388 e. The minimum absolute atomic E-state index is 0.425. The second-order valence-electron chi connectivity index (χ2n) is 8.80. The highest BCUT2D eigenvalue weighted by atomic mass is 16.3. The molecule has 0 amide bonds. The van der Waals surface area contributed by atoms with E-state index in [-0.39, 0.29) is 0 Å². The summed E-state index contributed by atoms with van der Waals surface area (Å²) in [7, 11) is 0. The number of piperidine rings is 1. The fraction of sp³-hybridized carbons (Fsp3) is 0.522. The molecule has 0 saturated carbocycles. The first kappa shape index (κ1) is 18.7. The average molecular weight is 392 g/mol. The Morgan fingerprint density at radius 2 is 1.86 bits per heavy atom. The molecular weight excluding hydrogens is 362 g/mol. The molecule has 0 radical (unpaired) electrons. The summed E-state index contributed by atoms with van der Waals surface area (Å²) in [6, 6.07) is 6.92. The van der Waals surface area contributed by atoms with Gasteiger partial charge in [0.1, 0.15) is 5.82 Å². The van der Waals surface area contributed by atoms with E-state index in [1.165, 1.54) is 5.56 Å². The summed E-state index contributed by atoms with van der Waals surface area (Å²) in [5.74, 6) is 0.931. The van der Waals surface area contributed by atoms with Gasteiger partial charge in [-0.25, -0.2) is 9.97 Å².